The summed E-state index contributed by atoms with van der Waals surface area (Å²) in [7, 11) is 0. The molecule has 2 amide bonds. The van der Waals surface area contributed by atoms with Gasteiger partial charge in [0.1, 0.15) is 5.82 Å². The summed E-state index contributed by atoms with van der Waals surface area (Å²) in [5.74, 6) is -0.477. The quantitative estimate of drug-likeness (QED) is 0.909. The fourth-order valence-corrected chi connectivity index (χ4v) is 2.00. The van der Waals surface area contributed by atoms with Crippen LogP contribution < -0.4 is 10.6 Å². The molecule has 0 aliphatic rings. The van der Waals surface area contributed by atoms with Crippen molar-refractivity contribution in [1.29, 1.82) is 0 Å². The Morgan fingerprint density at radius 3 is 2.90 bits per heavy atom. The van der Waals surface area contributed by atoms with Crippen molar-refractivity contribution in [2.75, 3.05) is 0 Å². The third kappa shape index (κ3) is 4.43. The van der Waals surface area contributed by atoms with Crippen LogP contribution in [0.5, 0.6) is 0 Å². The third-order valence-corrected chi connectivity index (χ3v) is 3.26. The normalized spacial score (nSPS) is 11.8. The smallest absolute Gasteiger partial charge is 0.315 e. The zero-order valence-corrected chi connectivity index (χ0v) is 12.2. The number of amides is 2. The van der Waals surface area contributed by atoms with Crippen molar-refractivity contribution < 1.29 is 9.18 Å². The number of carbonyl (C=O) groups excluding carboxylic acids is 1. The van der Waals surface area contributed by atoms with Gasteiger partial charge in [0.2, 0.25) is 0 Å². The predicted molar refractivity (Wildman–Crippen MR) is 79.4 cm³/mol. The minimum absolute atomic E-state index is 0.0402. The lowest BCUT2D eigenvalue weighted by molar-refractivity contribution is 0.237. The first-order chi connectivity index (χ1) is 10.1. The van der Waals surface area contributed by atoms with Crippen LogP contribution in [0.15, 0.2) is 42.7 Å². The molecular formula is C15H15ClFN3O. The Bertz CT molecular complexity index is 622. The molecule has 110 valence electrons. The second-order valence-corrected chi connectivity index (χ2v) is 4.99. The van der Waals surface area contributed by atoms with E-state index in [1.807, 2.05) is 19.1 Å². The van der Waals surface area contributed by atoms with Crippen molar-refractivity contribution in [2.45, 2.75) is 19.5 Å². The molecule has 0 bridgehead atoms. The number of hydrogen-bond acceptors (Lipinski definition) is 2. The Balaban J connectivity index is 1.86. The van der Waals surface area contributed by atoms with E-state index in [-0.39, 0.29) is 23.6 Å². The van der Waals surface area contributed by atoms with E-state index in [4.69, 9.17) is 11.6 Å². The molecule has 0 aliphatic carbocycles. The van der Waals surface area contributed by atoms with Crippen LogP contribution in [-0.4, -0.2) is 11.0 Å². The van der Waals surface area contributed by atoms with Gasteiger partial charge in [-0.05, 0) is 36.2 Å². The maximum absolute atomic E-state index is 13.0. The number of halogens is 2. The van der Waals surface area contributed by atoms with Gasteiger partial charge >= 0.3 is 6.03 Å². The molecule has 0 saturated carbocycles. The van der Waals surface area contributed by atoms with Crippen LogP contribution in [0.2, 0.25) is 5.02 Å². The van der Waals surface area contributed by atoms with Crippen LogP contribution >= 0.6 is 11.6 Å². The number of nitrogens with one attached hydrogen (secondary N) is 2. The highest BCUT2D eigenvalue weighted by Crippen LogP contribution is 2.16. The number of carbonyl (C=O) groups is 1. The van der Waals surface area contributed by atoms with E-state index in [1.165, 1.54) is 12.1 Å². The Morgan fingerprint density at radius 1 is 1.43 bits per heavy atom. The lowest BCUT2D eigenvalue weighted by Gasteiger charge is -2.14. The van der Waals surface area contributed by atoms with Crippen molar-refractivity contribution in [3.63, 3.8) is 0 Å². The fourth-order valence-electron chi connectivity index (χ4n) is 1.80. The second kappa shape index (κ2) is 7.04. The van der Waals surface area contributed by atoms with E-state index in [1.54, 1.807) is 18.5 Å². The molecule has 2 N–H and O–H groups in total. The SMILES string of the molecule is C[C@@H](NC(=O)NCc1ccc(F)c(Cl)c1)c1cccnc1. The summed E-state index contributed by atoms with van der Waals surface area (Å²) >= 11 is 5.68. The molecule has 0 unspecified atom stereocenters. The number of hydrogen-bond donors (Lipinski definition) is 2. The maximum Gasteiger partial charge on any atom is 0.315 e. The summed E-state index contributed by atoms with van der Waals surface area (Å²) in [5.41, 5.74) is 1.64. The van der Waals surface area contributed by atoms with Crippen molar-refractivity contribution >= 4 is 17.6 Å². The highest BCUT2D eigenvalue weighted by molar-refractivity contribution is 6.30. The van der Waals surface area contributed by atoms with Gasteiger partial charge in [-0.25, -0.2) is 9.18 Å². The van der Waals surface area contributed by atoms with Gasteiger partial charge in [0.05, 0.1) is 11.1 Å². The predicted octanol–water partition coefficient (Wildman–Crippen LogP) is 3.43. The van der Waals surface area contributed by atoms with Crippen molar-refractivity contribution in [3.05, 3.63) is 64.7 Å². The van der Waals surface area contributed by atoms with E-state index in [0.29, 0.717) is 0 Å². The molecule has 0 aliphatic heterocycles. The third-order valence-electron chi connectivity index (χ3n) is 2.97. The molecule has 4 nitrogen and oxygen atoms in total. The zero-order chi connectivity index (χ0) is 15.2. The molecule has 0 spiro atoms. The number of nitrogens with zero attached hydrogens (tertiary/aromatic N) is 1. The molecule has 2 rings (SSSR count). The van der Waals surface area contributed by atoms with Gasteiger partial charge in [-0.3, -0.25) is 4.98 Å². The molecule has 0 fully saturated rings. The van der Waals surface area contributed by atoms with E-state index >= 15 is 0 Å². The molecule has 21 heavy (non-hydrogen) atoms. The van der Waals surface area contributed by atoms with Gasteiger partial charge in [0, 0.05) is 18.9 Å². The van der Waals surface area contributed by atoms with Gasteiger partial charge < -0.3 is 10.6 Å². The highest BCUT2D eigenvalue weighted by Gasteiger charge is 2.09. The molecule has 0 saturated heterocycles. The summed E-state index contributed by atoms with van der Waals surface area (Å²) in [6.07, 6.45) is 3.37. The van der Waals surface area contributed by atoms with Gasteiger partial charge in [-0.2, -0.15) is 0 Å². The van der Waals surface area contributed by atoms with Crippen molar-refractivity contribution in [1.82, 2.24) is 15.6 Å². The standard InChI is InChI=1S/C15H15ClFN3O/c1-10(12-3-2-6-18-9-12)20-15(21)19-8-11-4-5-14(17)13(16)7-11/h2-7,9-10H,8H2,1H3,(H2,19,20,21)/t10-/m1/s1. The molecule has 1 heterocycles. The lowest BCUT2D eigenvalue weighted by Crippen LogP contribution is -2.36. The number of aromatic nitrogens is 1. The van der Waals surface area contributed by atoms with Gasteiger partial charge in [-0.1, -0.05) is 23.7 Å². The van der Waals surface area contributed by atoms with Gasteiger partial charge in [-0.15, -0.1) is 0 Å². The fraction of sp³-hybridized carbons (Fsp3) is 0.200. The first kappa shape index (κ1) is 15.3. The summed E-state index contributed by atoms with van der Waals surface area (Å²) < 4.78 is 13.0. The molecule has 0 radical (unpaired) electrons. The average Bonchev–Trinajstić information content (AvgIpc) is 2.49. The lowest BCUT2D eigenvalue weighted by atomic mass is 10.1. The van der Waals surface area contributed by atoms with Crippen LogP contribution in [0.4, 0.5) is 9.18 Å². The first-order valence-corrected chi connectivity index (χ1v) is 6.82. The highest BCUT2D eigenvalue weighted by atomic mass is 35.5. The number of benzene rings is 1. The number of pyridine rings is 1. The Kier molecular flexibility index (Phi) is 5.11. The van der Waals surface area contributed by atoms with Gasteiger partial charge in [0.25, 0.3) is 0 Å². The minimum Gasteiger partial charge on any atom is -0.334 e. The monoisotopic (exact) mass is 307 g/mol. The van der Waals surface area contributed by atoms with Crippen molar-refractivity contribution in [3.8, 4) is 0 Å². The Labute approximate surface area is 127 Å². The molecule has 1 aromatic carbocycles. The molecule has 6 heteroatoms. The first-order valence-electron chi connectivity index (χ1n) is 6.44. The second-order valence-electron chi connectivity index (χ2n) is 4.58. The van der Waals surface area contributed by atoms with Crippen LogP contribution in [-0.2, 0) is 6.54 Å². The minimum atomic E-state index is -0.477. The van der Waals surface area contributed by atoms with Crippen LogP contribution in [0.1, 0.15) is 24.1 Å². The number of urea groups is 1. The van der Waals surface area contributed by atoms with Gasteiger partial charge in [0.15, 0.2) is 0 Å². The summed E-state index contributed by atoms with van der Waals surface area (Å²) in [4.78, 5) is 15.8. The zero-order valence-electron chi connectivity index (χ0n) is 11.4. The average molecular weight is 308 g/mol. The van der Waals surface area contributed by atoms with E-state index in [9.17, 15) is 9.18 Å². The molecule has 1 atom stereocenters. The molecule has 1 aromatic heterocycles. The Morgan fingerprint density at radius 2 is 2.24 bits per heavy atom. The molecular weight excluding hydrogens is 293 g/mol. The topological polar surface area (TPSA) is 54.0 Å². The van der Waals surface area contributed by atoms with E-state index < -0.39 is 5.82 Å². The van der Waals surface area contributed by atoms with Crippen LogP contribution in [0, 0.1) is 5.82 Å². The Hall–Kier alpha value is -2.14. The van der Waals surface area contributed by atoms with Crippen LogP contribution in [0.25, 0.3) is 0 Å². The van der Waals surface area contributed by atoms with Crippen molar-refractivity contribution in [2.24, 2.45) is 0 Å². The summed E-state index contributed by atoms with van der Waals surface area (Å²) in [5, 5.41) is 5.53. The molecule has 2 aromatic rings. The van der Waals surface area contributed by atoms with E-state index in [0.717, 1.165) is 11.1 Å². The van der Waals surface area contributed by atoms with E-state index in [2.05, 4.69) is 15.6 Å². The number of rotatable bonds is 4. The summed E-state index contributed by atoms with van der Waals surface area (Å²) in [6, 6.07) is 7.56. The largest absolute Gasteiger partial charge is 0.334 e. The summed E-state index contributed by atoms with van der Waals surface area (Å²) in [6.45, 7) is 2.14. The maximum atomic E-state index is 13.0. The van der Waals surface area contributed by atoms with Crippen LogP contribution in [0.3, 0.4) is 0 Å².